The molecule has 9 nitrogen and oxygen atoms in total. The third kappa shape index (κ3) is 5.78. The number of aromatic nitrogens is 2. The number of hydrogen-bond acceptors (Lipinski definition) is 7. The van der Waals surface area contributed by atoms with E-state index in [1.807, 2.05) is 56.3 Å². The van der Waals surface area contributed by atoms with Crippen LogP contribution in [0.1, 0.15) is 64.1 Å². The number of ether oxygens (including phenoxy) is 2. The molecule has 0 fully saturated rings. The molecule has 4 aromatic rings. The highest BCUT2D eigenvalue weighted by Crippen LogP contribution is 2.45. The first-order chi connectivity index (χ1) is 22.2. The summed E-state index contributed by atoms with van der Waals surface area (Å²) in [6, 6.07) is 16.9. The Morgan fingerprint density at radius 1 is 0.957 bits per heavy atom. The van der Waals surface area contributed by atoms with E-state index in [1.54, 1.807) is 17.0 Å². The molecule has 1 amide bonds. The Morgan fingerprint density at radius 2 is 1.59 bits per heavy atom. The monoisotopic (exact) mass is 628 g/mol. The second-order valence-electron chi connectivity index (χ2n) is 11.9. The van der Waals surface area contributed by atoms with Gasteiger partial charge in [-0.05, 0) is 73.1 Å². The van der Waals surface area contributed by atoms with Gasteiger partial charge in [-0.25, -0.2) is 8.78 Å². The Hall–Kier alpha value is -4.90. The fourth-order valence-electron chi connectivity index (χ4n) is 6.53. The highest BCUT2D eigenvalue weighted by Gasteiger charge is 2.43. The second-order valence-corrected chi connectivity index (χ2v) is 11.9. The summed E-state index contributed by atoms with van der Waals surface area (Å²) in [5.41, 5.74) is 8.30. The van der Waals surface area contributed by atoms with E-state index in [2.05, 4.69) is 5.10 Å². The number of halogens is 2. The molecule has 2 aliphatic rings. The van der Waals surface area contributed by atoms with Crippen molar-refractivity contribution in [3.63, 3.8) is 0 Å². The fraction of sp³-hybridized carbons (Fsp3) is 0.314. The van der Waals surface area contributed by atoms with Crippen LogP contribution in [-0.2, 0) is 28.8 Å². The van der Waals surface area contributed by atoms with Crippen LogP contribution in [-0.4, -0.2) is 52.0 Å². The average molecular weight is 629 g/mol. The molecule has 46 heavy (non-hydrogen) atoms. The van der Waals surface area contributed by atoms with Gasteiger partial charge in [-0.1, -0.05) is 54.6 Å². The molecule has 238 valence electrons. The van der Waals surface area contributed by atoms with Crippen LogP contribution in [0.2, 0.25) is 0 Å². The minimum atomic E-state index is -0.975. The van der Waals surface area contributed by atoms with Crippen LogP contribution in [0.4, 0.5) is 8.78 Å². The Bertz CT molecular complexity index is 1790. The van der Waals surface area contributed by atoms with Crippen LogP contribution in [0, 0.1) is 11.6 Å². The van der Waals surface area contributed by atoms with Gasteiger partial charge in [0.05, 0.1) is 12.2 Å². The molecule has 2 atom stereocenters. The summed E-state index contributed by atoms with van der Waals surface area (Å²) < 4.78 is 42.9. The van der Waals surface area contributed by atoms with Crippen molar-refractivity contribution in [2.45, 2.75) is 57.2 Å². The van der Waals surface area contributed by atoms with E-state index in [4.69, 9.17) is 15.2 Å². The van der Waals surface area contributed by atoms with Gasteiger partial charge in [-0.2, -0.15) is 5.10 Å². The lowest BCUT2D eigenvalue weighted by atomic mass is 9.81. The Kier molecular flexibility index (Phi) is 8.68. The standard InChI is InChI=1S/C35H34F2N4O5/c1-20(2)40-18-29(31-24-10-6-12-26(36)22(24)14-15-23-25(31)11-7-13-27(23)37)41-32(34(40)43)33(30(42)17-39-41)45-19-46-35(44)28(38)16-21-8-4-3-5-9-21/h3-13,17,20,28-29,31H,14-16,18-19,38H2,1-2H3. The van der Waals surface area contributed by atoms with Crippen LogP contribution in [0.25, 0.3) is 0 Å². The maximum absolute atomic E-state index is 15.3. The fourth-order valence-corrected chi connectivity index (χ4v) is 6.53. The largest absolute Gasteiger partial charge is 0.451 e. The summed E-state index contributed by atoms with van der Waals surface area (Å²) in [6.07, 6.45) is 1.86. The first kappa shape index (κ1) is 31.1. The number of amides is 1. The molecule has 2 unspecified atom stereocenters. The van der Waals surface area contributed by atoms with Gasteiger partial charge in [0.1, 0.15) is 17.7 Å². The number of benzene rings is 3. The zero-order chi connectivity index (χ0) is 32.5. The Labute approximate surface area is 264 Å². The normalized spacial score (nSPS) is 16.7. The molecule has 1 aliphatic heterocycles. The van der Waals surface area contributed by atoms with E-state index >= 15 is 8.78 Å². The van der Waals surface area contributed by atoms with Gasteiger partial charge in [0.15, 0.2) is 5.69 Å². The van der Waals surface area contributed by atoms with Crippen molar-refractivity contribution in [3.8, 4) is 5.75 Å². The lowest BCUT2D eigenvalue weighted by Gasteiger charge is -2.41. The van der Waals surface area contributed by atoms with Crippen molar-refractivity contribution < 1.29 is 27.8 Å². The molecule has 0 bridgehead atoms. The van der Waals surface area contributed by atoms with Crippen molar-refractivity contribution in [1.82, 2.24) is 14.7 Å². The highest BCUT2D eigenvalue weighted by atomic mass is 19.1. The van der Waals surface area contributed by atoms with Crippen molar-refractivity contribution in [1.29, 1.82) is 0 Å². The third-order valence-electron chi connectivity index (χ3n) is 8.75. The summed E-state index contributed by atoms with van der Waals surface area (Å²) in [5, 5.41) is 4.38. The molecule has 1 aromatic heterocycles. The number of nitrogens with two attached hydrogens (primary N) is 1. The zero-order valence-corrected chi connectivity index (χ0v) is 25.5. The number of rotatable bonds is 8. The van der Waals surface area contributed by atoms with E-state index < -0.39 is 53.7 Å². The lowest BCUT2D eigenvalue weighted by Crippen LogP contribution is -2.50. The molecule has 6 rings (SSSR count). The van der Waals surface area contributed by atoms with E-state index in [9.17, 15) is 14.4 Å². The summed E-state index contributed by atoms with van der Waals surface area (Å²) in [5.74, 6) is -3.00. The molecule has 2 N–H and O–H groups in total. The first-order valence-electron chi connectivity index (χ1n) is 15.2. The van der Waals surface area contributed by atoms with Crippen LogP contribution in [0.15, 0.2) is 77.7 Å². The minimum absolute atomic E-state index is 0.137. The summed E-state index contributed by atoms with van der Waals surface area (Å²) in [4.78, 5) is 41.3. The van der Waals surface area contributed by atoms with E-state index in [0.29, 0.717) is 35.1 Å². The molecule has 2 heterocycles. The van der Waals surface area contributed by atoms with E-state index in [0.717, 1.165) is 11.8 Å². The number of carbonyl (C=O) groups is 2. The van der Waals surface area contributed by atoms with Gasteiger partial charge in [0, 0.05) is 18.5 Å². The molecule has 0 spiro atoms. The van der Waals surface area contributed by atoms with Crippen LogP contribution < -0.4 is 15.9 Å². The van der Waals surface area contributed by atoms with Crippen LogP contribution >= 0.6 is 0 Å². The van der Waals surface area contributed by atoms with Crippen molar-refractivity contribution in [3.05, 3.63) is 128 Å². The quantitative estimate of drug-likeness (QED) is 0.228. The van der Waals surface area contributed by atoms with Crippen molar-refractivity contribution >= 4 is 11.9 Å². The maximum atomic E-state index is 15.3. The number of esters is 1. The second kappa shape index (κ2) is 12.8. The van der Waals surface area contributed by atoms with Gasteiger partial charge >= 0.3 is 5.97 Å². The third-order valence-corrected chi connectivity index (χ3v) is 8.75. The molecular weight excluding hydrogens is 594 g/mol. The van der Waals surface area contributed by atoms with Crippen molar-refractivity contribution in [2.75, 3.05) is 13.3 Å². The maximum Gasteiger partial charge on any atom is 0.326 e. The zero-order valence-electron chi connectivity index (χ0n) is 25.5. The van der Waals surface area contributed by atoms with Crippen molar-refractivity contribution in [2.24, 2.45) is 5.73 Å². The topological polar surface area (TPSA) is 117 Å². The van der Waals surface area contributed by atoms with Gasteiger partial charge in [0.2, 0.25) is 18.0 Å². The molecular formula is C35H34F2N4O5. The first-order valence-corrected chi connectivity index (χ1v) is 15.2. The summed E-state index contributed by atoms with van der Waals surface area (Å²) >= 11 is 0. The average Bonchev–Trinajstić information content (AvgIpc) is 3.21. The minimum Gasteiger partial charge on any atom is -0.451 e. The van der Waals surface area contributed by atoms with Gasteiger partial charge in [-0.15, -0.1) is 0 Å². The number of nitrogens with zero attached hydrogens (tertiary/aromatic N) is 3. The Morgan fingerprint density at radius 3 is 2.20 bits per heavy atom. The number of hydrogen-bond donors (Lipinski definition) is 1. The molecule has 3 aromatic carbocycles. The predicted octanol–water partition coefficient (Wildman–Crippen LogP) is 4.31. The predicted molar refractivity (Wildman–Crippen MR) is 165 cm³/mol. The van der Waals surface area contributed by atoms with Gasteiger partial charge in [-0.3, -0.25) is 19.1 Å². The lowest BCUT2D eigenvalue weighted by molar-refractivity contribution is -0.151. The summed E-state index contributed by atoms with van der Waals surface area (Å²) in [7, 11) is 0. The molecule has 0 radical (unpaired) electrons. The Balaban J connectivity index is 1.39. The molecule has 0 saturated heterocycles. The SMILES string of the molecule is CC(C)N1CC(C2c3cccc(F)c3CCc3c(F)cccc32)n2ncc(=O)c(OCOC(=O)C(N)Cc3ccccc3)c2C1=O. The van der Waals surface area contributed by atoms with E-state index in [-0.39, 0.29) is 30.5 Å². The molecule has 1 aliphatic carbocycles. The number of carbonyl (C=O) groups excluding carboxylic acids is 2. The molecule has 0 saturated carbocycles. The highest BCUT2D eigenvalue weighted by molar-refractivity contribution is 5.96. The number of fused-ring (bicyclic) bond motifs is 3. The van der Waals surface area contributed by atoms with Crippen LogP contribution in [0.3, 0.4) is 0 Å². The smallest absolute Gasteiger partial charge is 0.326 e. The summed E-state index contributed by atoms with van der Waals surface area (Å²) in [6.45, 7) is 3.16. The van der Waals surface area contributed by atoms with Gasteiger partial charge < -0.3 is 20.1 Å². The van der Waals surface area contributed by atoms with Crippen LogP contribution in [0.5, 0.6) is 5.75 Å². The van der Waals surface area contributed by atoms with E-state index in [1.165, 1.54) is 16.8 Å². The van der Waals surface area contributed by atoms with Gasteiger partial charge in [0.25, 0.3) is 5.91 Å². The molecule has 11 heteroatoms.